The third-order valence-corrected chi connectivity index (χ3v) is 2.37. The van der Waals surface area contributed by atoms with Gasteiger partial charge < -0.3 is 5.11 Å². The molecular weight excluding hydrogens is 252 g/mol. The third-order valence-electron chi connectivity index (χ3n) is 2.37. The maximum atomic E-state index is 10.7. The topological polar surface area (TPSA) is 122 Å². The highest BCUT2D eigenvalue weighted by Gasteiger charge is 2.14. The molecule has 8 heteroatoms. The van der Waals surface area contributed by atoms with Gasteiger partial charge in [-0.15, -0.1) is 0 Å². The summed E-state index contributed by atoms with van der Waals surface area (Å²) in [5.41, 5.74) is -0.0806. The fourth-order valence-corrected chi connectivity index (χ4v) is 1.50. The Balaban J connectivity index is 2.53. The van der Waals surface area contributed by atoms with Crippen LogP contribution >= 0.6 is 0 Å². The van der Waals surface area contributed by atoms with Gasteiger partial charge in [-0.1, -0.05) is 0 Å². The average Bonchev–Trinajstić information content (AvgIpc) is 2.87. The molecule has 1 N–H and O–H groups in total. The van der Waals surface area contributed by atoms with Crippen LogP contribution in [0.2, 0.25) is 0 Å². The summed E-state index contributed by atoms with van der Waals surface area (Å²) in [7, 11) is 0. The molecule has 94 valence electrons. The minimum absolute atomic E-state index is 0.0363. The predicted molar refractivity (Wildman–Crippen MR) is 61.9 cm³/mol. The molecule has 8 nitrogen and oxygen atoms in total. The minimum atomic E-state index is -1.20. The molecule has 0 saturated heterocycles. The lowest BCUT2D eigenvalue weighted by Gasteiger charge is -2.03. The van der Waals surface area contributed by atoms with Crippen molar-refractivity contribution in [2.24, 2.45) is 0 Å². The van der Waals surface area contributed by atoms with E-state index in [0.717, 1.165) is 6.07 Å². The van der Waals surface area contributed by atoms with E-state index in [2.05, 4.69) is 5.10 Å². The molecule has 0 atom stereocenters. The lowest BCUT2D eigenvalue weighted by Crippen LogP contribution is -2.03. The number of carboxylic acids is 1. The predicted octanol–water partition coefficient (Wildman–Crippen LogP) is 1.35. The van der Waals surface area contributed by atoms with E-state index in [9.17, 15) is 14.9 Å². The van der Waals surface area contributed by atoms with Crippen LogP contribution in [0.3, 0.4) is 0 Å². The Bertz CT molecular complexity index is 714. The number of non-ortho nitro benzene ring substituents is 1. The maximum Gasteiger partial charge on any atom is 0.356 e. The van der Waals surface area contributed by atoms with Gasteiger partial charge in [-0.05, 0) is 12.1 Å². The third kappa shape index (κ3) is 2.25. The first-order valence-corrected chi connectivity index (χ1v) is 5.01. The van der Waals surface area contributed by atoms with Crippen LogP contribution in [-0.4, -0.2) is 25.8 Å². The molecule has 0 radical (unpaired) electrons. The van der Waals surface area contributed by atoms with Crippen LogP contribution in [0.5, 0.6) is 0 Å². The Morgan fingerprint density at radius 2 is 2.21 bits per heavy atom. The van der Waals surface area contributed by atoms with E-state index in [1.165, 1.54) is 29.1 Å². The lowest BCUT2D eigenvalue weighted by atomic mass is 10.2. The van der Waals surface area contributed by atoms with Crippen LogP contribution in [-0.2, 0) is 0 Å². The molecule has 0 bridgehead atoms. The van der Waals surface area contributed by atoms with Crippen molar-refractivity contribution in [3.8, 4) is 11.8 Å². The van der Waals surface area contributed by atoms with E-state index in [-0.39, 0.29) is 22.6 Å². The zero-order valence-corrected chi connectivity index (χ0v) is 9.35. The number of nitro groups is 1. The Morgan fingerprint density at radius 3 is 2.74 bits per heavy atom. The molecule has 1 aromatic carbocycles. The van der Waals surface area contributed by atoms with Gasteiger partial charge in [-0.3, -0.25) is 10.1 Å². The summed E-state index contributed by atoms with van der Waals surface area (Å²) < 4.78 is 1.19. The zero-order chi connectivity index (χ0) is 14.0. The van der Waals surface area contributed by atoms with E-state index in [1.807, 2.05) is 6.07 Å². The lowest BCUT2D eigenvalue weighted by molar-refractivity contribution is -0.384. The SMILES string of the molecule is N#Cc1cc([N+](=O)[O-])ccc1-n1ccc(C(=O)O)n1. The van der Waals surface area contributed by atoms with Crippen molar-refractivity contribution in [2.75, 3.05) is 0 Å². The van der Waals surface area contributed by atoms with Crippen molar-refractivity contribution >= 4 is 11.7 Å². The van der Waals surface area contributed by atoms with E-state index in [0.29, 0.717) is 0 Å². The summed E-state index contributed by atoms with van der Waals surface area (Å²) in [6, 6.07) is 6.76. The van der Waals surface area contributed by atoms with Gasteiger partial charge in [-0.25, -0.2) is 9.48 Å². The number of aromatic nitrogens is 2. The largest absolute Gasteiger partial charge is 0.476 e. The molecule has 1 aromatic heterocycles. The minimum Gasteiger partial charge on any atom is -0.476 e. The second-order valence-corrected chi connectivity index (χ2v) is 3.52. The Hall–Kier alpha value is -3.21. The number of hydrogen-bond acceptors (Lipinski definition) is 5. The number of aromatic carboxylic acids is 1. The maximum absolute atomic E-state index is 10.7. The molecule has 0 aliphatic rings. The summed E-state index contributed by atoms with van der Waals surface area (Å²) in [5.74, 6) is -1.20. The van der Waals surface area contributed by atoms with Gasteiger partial charge in [0.15, 0.2) is 5.69 Å². The van der Waals surface area contributed by atoms with Crippen molar-refractivity contribution in [1.82, 2.24) is 9.78 Å². The summed E-state index contributed by atoms with van der Waals surface area (Å²) in [6.07, 6.45) is 1.37. The first kappa shape index (κ1) is 12.3. The number of nitro benzene ring substituents is 1. The van der Waals surface area contributed by atoms with E-state index in [4.69, 9.17) is 10.4 Å². The van der Waals surface area contributed by atoms with Gasteiger partial charge >= 0.3 is 5.97 Å². The molecule has 2 aromatic rings. The molecule has 0 aliphatic heterocycles. The fraction of sp³-hybridized carbons (Fsp3) is 0. The molecule has 1 heterocycles. The first-order chi connectivity index (χ1) is 9.02. The fourth-order valence-electron chi connectivity index (χ4n) is 1.50. The van der Waals surface area contributed by atoms with E-state index >= 15 is 0 Å². The van der Waals surface area contributed by atoms with Gasteiger partial charge in [0.05, 0.1) is 16.2 Å². The quantitative estimate of drug-likeness (QED) is 0.654. The Morgan fingerprint density at radius 1 is 1.47 bits per heavy atom. The number of nitrogens with zero attached hydrogens (tertiary/aromatic N) is 4. The average molecular weight is 258 g/mol. The highest BCUT2D eigenvalue weighted by molar-refractivity contribution is 5.85. The van der Waals surface area contributed by atoms with Crippen LogP contribution in [0.15, 0.2) is 30.5 Å². The number of carboxylic acid groups (broad SMARTS) is 1. The highest BCUT2D eigenvalue weighted by atomic mass is 16.6. The van der Waals surface area contributed by atoms with Gasteiger partial charge in [0.2, 0.25) is 0 Å². The van der Waals surface area contributed by atoms with Crippen LogP contribution in [0.25, 0.3) is 5.69 Å². The number of benzene rings is 1. The molecule has 0 saturated carbocycles. The molecule has 2 rings (SSSR count). The molecule has 0 unspecified atom stereocenters. The molecular formula is C11H6N4O4. The zero-order valence-electron chi connectivity index (χ0n) is 9.35. The van der Waals surface area contributed by atoms with Gasteiger partial charge in [0.1, 0.15) is 6.07 Å². The summed E-state index contributed by atoms with van der Waals surface area (Å²) in [4.78, 5) is 20.7. The summed E-state index contributed by atoms with van der Waals surface area (Å²) in [6.45, 7) is 0. The van der Waals surface area contributed by atoms with E-state index < -0.39 is 10.9 Å². The van der Waals surface area contributed by atoms with Crippen molar-refractivity contribution in [1.29, 1.82) is 5.26 Å². The molecule has 19 heavy (non-hydrogen) atoms. The smallest absolute Gasteiger partial charge is 0.356 e. The molecule has 0 fully saturated rings. The van der Waals surface area contributed by atoms with E-state index in [1.54, 1.807) is 0 Å². The number of nitriles is 1. The van der Waals surface area contributed by atoms with Crippen molar-refractivity contribution < 1.29 is 14.8 Å². The molecule has 0 amide bonds. The monoisotopic (exact) mass is 258 g/mol. The van der Waals surface area contributed by atoms with Crippen LogP contribution < -0.4 is 0 Å². The second-order valence-electron chi connectivity index (χ2n) is 3.52. The van der Waals surface area contributed by atoms with Gasteiger partial charge in [0, 0.05) is 18.3 Å². The van der Waals surface area contributed by atoms with Gasteiger partial charge in [0.25, 0.3) is 5.69 Å². The summed E-state index contributed by atoms with van der Waals surface area (Å²) in [5, 5.41) is 32.1. The van der Waals surface area contributed by atoms with Crippen molar-refractivity contribution in [3.63, 3.8) is 0 Å². The summed E-state index contributed by atoms with van der Waals surface area (Å²) >= 11 is 0. The second kappa shape index (κ2) is 4.58. The first-order valence-electron chi connectivity index (χ1n) is 5.01. The molecule has 0 aliphatic carbocycles. The van der Waals surface area contributed by atoms with Crippen LogP contribution in [0, 0.1) is 21.4 Å². The van der Waals surface area contributed by atoms with Crippen LogP contribution in [0.1, 0.15) is 16.1 Å². The number of rotatable bonds is 3. The Kier molecular flexibility index (Phi) is 2.95. The highest BCUT2D eigenvalue weighted by Crippen LogP contribution is 2.20. The number of carbonyl (C=O) groups is 1. The van der Waals surface area contributed by atoms with Crippen LogP contribution in [0.4, 0.5) is 5.69 Å². The van der Waals surface area contributed by atoms with Crippen molar-refractivity contribution in [3.05, 3.63) is 51.8 Å². The Labute approximate surface area is 106 Å². The van der Waals surface area contributed by atoms with Crippen molar-refractivity contribution in [2.45, 2.75) is 0 Å². The molecule has 0 spiro atoms. The van der Waals surface area contributed by atoms with Gasteiger partial charge in [-0.2, -0.15) is 10.4 Å². The standard InChI is InChI=1S/C11H6N4O4/c12-6-7-5-8(15(18)19)1-2-10(7)14-4-3-9(13-14)11(16)17/h1-5H,(H,16,17). The normalized spacial score (nSPS) is 9.84. The number of hydrogen-bond donors (Lipinski definition) is 1.